The Labute approximate surface area is 389 Å². The summed E-state index contributed by atoms with van der Waals surface area (Å²) in [5, 5.41) is 4.08. The molecule has 1 saturated carbocycles. The normalized spacial score (nSPS) is 18.3. The number of piperazine rings is 1. The van der Waals surface area contributed by atoms with Gasteiger partial charge in [-0.15, -0.1) is 0 Å². The van der Waals surface area contributed by atoms with Crippen LogP contribution < -0.4 is 15.1 Å². The van der Waals surface area contributed by atoms with Gasteiger partial charge in [-0.3, -0.25) is 9.88 Å². The van der Waals surface area contributed by atoms with Crippen LogP contribution in [0.25, 0.3) is 22.2 Å². The summed E-state index contributed by atoms with van der Waals surface area (Å²) in [5.41, 5.74) is 9.09. The molecule has 0 radical (unpaired) electrons. The molecule has 4 aromatic rings. The van der Waals surface area contributed by atoms with Gasteiger partial charge in [0.05, 0.1) is 43.1 Å². The molecule has 1 aliphatic carbocycles. The number of ether oxygens (including phenoxy) is 3. The molecule has 0 spiro atoms. The summed E-state index contributed by atoms with van der Waals surface area (Å²) in [5.74, 6) is -0.311. The molecule has 0 unspecified atom stereocenters. The fraction of sp³-hybridized carbons (Fsp3) is 0.596. The zero-order chi connectivity index (χ0) is 46.7. The molecule has 1 N–H and O–H groups in total. The van der Waals surface area contributed by atoms with Gasteiger partial charge in [0.2, 0.25) is 0 Å². The molecule has 13 heteroatoms. The van der Waals surface area contributed by atoms with E-state index < -0.39 is 26.4 Å². The van der Waals surface area contributed by atoms with E-state index in [0.29, 0.717) is 26.3 Å². The van der Waals surface area contributed by atoms with Gasteiger partial charge in [0.1, 0.15) is 12.6 Å². The van der Waals surface area contributed by atoms with E-state index in [4.69, 9.17) is 23.6 Å². The summed E-state index contributed by atoms with van der Waals surface area (Å²) in [6.45, 7) is 30.6. The molecule has 4 heterocycles. The molecule has 354 valence electrons. The maximum atomic E-state index is 13.0. The van der Waals surface area contributed by atoms with Crippen LogP contribution in [0.3, 0.4) is 0 Å². The Balaban J connectivity index is 1.22. The van der Waals surface area contributed by atoms with Gasteiger partial charge in [-0.25, -0.2) is 9.59 Å². The summed E-state index contributed by atoms with van der Waals surface area (Å²) >= 11 is 0. The molecule has 2 atom stereocenters. The predicted molar refractivity (Wildman–Crippen MR) is 265 cm³/mol. The SMILES string of the molecule is CCn1c(-c2cc(N3CCN(C4CC4)CC3)cnc2C(C)C)c(CC(C)(C)CO[Si](C)(C)C(C)(C)C)c2cc(N3CCO[C@@H](C[C@H](NC(=O)OCc4ccccc4)C(=O)OC)C3)ccc21. The molecule has 65 heavy (non-hydrogen) atoms. The topological polar surface area (TPSA) is 111 Å². The second-order valence-corrected chi connectivity index (χ2v) is 26.0. The fourth-order valence-electron chi connectivity index (χ4n) is 9.24. The maximum absolute atomic E-state index is 13.0. The number of nitrogens with one attached hydrogen (secondary N) is 1. The Morgan fingerprint density at radius 1 is 0.938 bits per heavy atom. The number of hydrogen-bond acceptors (Lipinski definition) is 10. The molecule has 7 rings (SSSR count). The highest BCUT2D eigenvalue weighted by Crippen LogP contribution is 2.44. The minimum absolute atomic E-state index is 0.0967. The maximum Gasteiger partial charge on any atom is 0.408 e. The minimum atomic E-state index is -2.01. The second-order valence-electron chi connectivity index (χ2n) is 21.2. The lowest BCUT2D eigenvalue weighted by molar-refractivity contribution is -0.144. The third kappa shape index (κ3) is 11.6. The molecule has 2 saturated heterocycles. The number of fused-ring (bicyclic) bond motifs is 1. The van der Waals surface area contributed by atoms with Crippen molar-refractivity contribution in [3.8, 4) is 11.3 Å². The van der Waals surface area contributed by atoms with E-state index in [0.717, 1.165) is 62.1 Å². The number of amides is 1. The van der Waals surface area contributed by atoms with Crippen LogP contribution in [0, 0.1) is 5.41 Å². The largest absolute Gasteiger partial charge is 0.467 e. The fourth-order valence-corrected chi connectivity index (χ4v) is 10.4. The van der Waals surface area contributed by atoms with Crippen molar-refractivity contribution in [3.63, 3.8) is 0 Å². The molecular formula is C52H76N6O6Si. The molecule has 12 nitrogen and oxygen atoms in total. The van der Waals surface area contributed by atoms with Crippen molar-refractivity contribution in [2.24, 2.45) is 5.41 Å². The highest BCUT2D eigenvalue weighted by molar-refractivity contribution is 6.74. The summed E-state index contributed by atoms with van der Waals surface area (Å²) < 4.78 is 26.4. The van der Waals surface area contributed by atoms with E-state index in [1.165, 1.54) is 53.4 Å². The van der Waals surface area contributed by atoms with E-state index in [1.807, 2.05) is 30.3 Å². The van der Waals surface area contributed by atoms with Crippen LogP contribution in [0.5, 0.6) is 0 Å². The number of esters is 1. The zero-order valence-corrected chi connectivity index (χ0v) is 42.2. The third-order valence-corrected chi connectivity index (χ3v) is 18.7. The number of anilines is 2. The van der Waals surface area contributed by atoms with Crippen molar-refractivity contribution >= 4 is 42.7 Å². The van der Waals surface area contributed by atoms with E-state index in [9.17, 15) is 9.59 Å². The summed E-state index contributed by atoms with van der Waals surface area (Å²) in [6.07, 6.45) is 4.84. The first-order valence-corrected chi connectivity index (χ1v) is 27.0. The molecular weight excluding hydrogens is 833 g/mol. The van der Waals surface area contributed by atoms with Crippen molar-refractivity contribution < 1.29 is 28.2 Å². The molecule has 2 aromatic carbocycles. The average molecular weight is 909 g/mol. The smallest absolute Gasteiger partial charge is 0.408 e. The monoisotopic (exact) mass is 909 g/mol. The van der Waals surface area contributed by atoms with Gasteiger partial charge in [0.15, 0.2) is 8.32 Å². The average Bonchev–Trinajstić information content (AvgIpc) is 4.10. The van der Waals surface area contributed by atoms with Gasteiger partial charge in [-0.05, 0) is 91.0 Å². The molecule has 3 aliphatic rings. The van der Waals surface area contributed by atoms with Gasteiger partial charge in [0, 0.05) is 87.0 Å². The third-order valence-electron chi connectivity index (χ3n) is 14.2. The quantitative estimate of drug-likeness (QED) is 0.0813. The van der Waals surface area contributed by atoms with Gasteiger partial charge in [-0.2, -0.15) is 0 Å². The molecule has 1 amide bonds. The Morgan fingerprint density at radius 2 is 1.66 bits per heavy atom. The Morgan fingerprint density at radius 3 is 2.31 bits per heavy atom. The standard InChI is InChI=1S/C52H76N6O6Si/c1-12-58-46-21-20-39(57-26-27-62-41(33-57)30-45(49(59)61-9)54-50(60)63-34-37-16-14-13-15-17-37)28-42(46)44(31-52(7,8)35-64-65(10,11)51(4,5)6)48(58)43-29-40(32-53-47(43)36(2)3)56-24-22-55(23-25-56)38-18-19-38/h13-17,20-21,28-29,32,36,38,41,45H,12,18-19,22-27,30-31,33-35H2,1-11H3,(H,54,60)/t41-,45-/m0/s1. The summed E-state index contributed by atoms with van der Waals surface area (Å²) in [6, 6.07) is 18.6. The first-order chi connectivity index (χ1) is 30.9. The highest BCUT2D eigenvalue weighted by atomic mass is 28.4. The van der Waals surface area contributed by atoms with Crippen LogP contribution in [0.1, 0.15) is 97.4 Å². The number of rotatable bonds is 17. The van der Waals surface area contributed by atoms with Crippen LogP contribution in [0.2, 0.25) is 18.1 Å². The van der Waals surface area contributed by atoms with Crippen LogP contribution in [-0.2, 0) is 43.0 Å². The number of aromatic nitrogens is 2. The number of methoxy groups -OCH3 is 1. The molecule has 3 fully saturated rings. The Bertz CT molecular complexity index is 2260. The van der Waals surface area contributed by atoms with Crippen LogP contribution in [-0.4, -0.2) is 113 Å². The summed E-state index contributed by atoms with van der Waals surface area (Å²) in [4.78, 5) is 38.7. The number of carbonyl (C=O) groups excluding carboxylic acids is 2. The number of pyridine rings is 1. The minimum Gasteiger partial charge on any atom is -0.467 e. The first kappa shape index (κ1) is 48.5. The number of benzene rings is 2. The van der Waals surface area contributed by atoms with Crippen molar-refractivity contribution in [2.45, 2.75) is 136 Å². The number of nitrogens with zero attached hydrogens (tertiary/aromatic N) is 5. The van der Waals surface area contributed by atoms with Crippen molar-refractivity contribution in [1.29, 1.82) is 0 Å². The molecule has 2 aliphatic heterocycles. The lowest BCUT2D eigenvalue weighted by atomic mass is 9.84. The lowest BCUT2D eigenvalue weighted by Crippen LogP contribution is -2.49. The summed E-state index contributed by atoms with van der Waals surface area (Å²) in [7, 11) is -0.682. The number of alkyl carbamates (subject to hydrolysis) is 1. The number of aryl methyl sites for hydroxylation is 1. The number of carbonyl (C=O) groups is 2. The van der Waals surface area contributed by atoms with E-state index in [1.54, 1.807) is 0 Å². The Hall–Kier alpha value is -4.43. The lowest BCUT2D eigenvalue weighted by Gasteiger charge is -2.39. The van der Waals surface area contributed by atoms with Crippen LogP contribution in [0.15, 0.2) is 60.8 Å². The van der Waals surface area contributed by atoms with Gasteiger partial charge in [0.25, 0.3) is 0 Å². The zero-order valence-electron chi connectivity index (χ0n) is 41.2. The first-order valence-electron chi connectivity index (χ1n) is 24.1. The van der Waals surface area contributed by atoms with Gasteiger partial charge >= 0.3 is 12.1 Å². The number of hydrogen-bond donors (Lipinski definition) is 1. The van der Waals surface area contributed by atoms with E-state index >= 15 is 0 Å². The van der Waals surface area contributed by atoms with Crippen molar-refractivity contribution in [3.05, 3.63) is 77.6 Å². The number of morpholine rings is 1. The second kappa shape index (κ2) is 20.2. The van der Waals surface area contributed by atoms with Crippen LogP contribution in [0.4, 0.5) is 16.2 Å². The van der Waals surface area contributed by atoms with E-state index in [2.05, 4.69) is 124 Å². The van der Waals surface area contributed by atoms with Crippen molar-refractivity contribution in [2.75, 3.05) is 69.4 Å². The Kier molecular flexibility index (Phi) is 15.1. The van der Waals surface area contributed by atoms with Crippen LogP contribution >= 0.6 is 0 Å². The highest BCUT2D eigenvalue weighted by Gasteiger charge is 2.39. The molecule has 0 bridgehead atoms. The van der Waals surface area contributed by atoms with Gasteiger partial charge in [-0.1, -0.05) is 78.8 Å². The van der Waals surface area contributed by atoms with Crippen molar-refractivity contribution in [1.82, 2.24) is 19.8 Å². The predicted octanol–water partition coefficient (Wildman–Crippen LogP) is 9.78. The molecule has 2 aromatic heterocycles. The van der Waals surface area contributed by atoms with Gasteiger partial charge < -0.3 is 38.3 Å². The van der Waals surface area contributed by atoms with E-state index in [-0.39, 0.29) is 35.5 Å².